The molecule has 0 saturated heterocycles. The van der Waals surface area contributed by atoms with E-state index in [-0.39, 0.29) is 17.4 Å². The Labute approximate surface area is 156 Å². The maximum atomic E-state index is 13.0. The number of carbonyl (C=O) groups excluding carboxylic acids is 1. The number of oxime groups is 1. The van der Waals surface area contributed by atoms with Crippen LogP contribution in [0.1, 0.15) is 64.5 Å². The van der Waals surface area contributed by atoms with Gasteiger partial charge >= 0.3 is 0 Å². The van der Waals surface area contributed by atoms with Crippen LogP contribution in [0.5, 0.6) is 0 Å². The van der Waals surface area contributed by atoms with Gasteiger partial charge in [0.15, 0.2) is 11.5 Å². The third kappa shape index (κ3) is 6.47. The zero-order chi connectivity index (χ0) is 20.1. The summed E-state index contributed by atoms with van der Waals surface area (Å²) in [4.78, 5) is 11.7. The van der Waals surface area contributed by atoms with E-state index in [1.165, 1.54) is 12.1 Å². The number of hydrogen-bond donors (Lipinski definition) is 1. The Morgan fingerprint density at radius 3 is 2.54 bits per heavy atom. The maximum absolute atomic E-state index is 13.0. The topological polar surface area (TPSA) is 58.9 Å². The Morgan fingerprint density at radius 1 is 1.38 bits per heavy atom. The lowest BCUT2D eigenvalue weighted by Crippen LogP contribution is -2.12. The molecule has 0 heterocycles. The van der Waals surface area contributed by atoms with Gasteiger partial charge in [-0.3, -0.25) is 4.79 Å². The van der Waals surface area contributed by atoms with Crippen molar-refractivity contribution in [3.05, 3.63) is 59.1 Å². The monoisotopic (exact) mass is 363 g/mol. The van der Waals surface area contributed by atoms with Crippen LogP contribution >= 0.6 is 0 Å². The largest absolute Gasteiger partial charge is 0.502 e. The van der Waals surface area contributed by atoms with Crippen LogP contribution in [-0.4, -0.2) is 23.8 Å². The third-order valence-corrected chi connectivity index (χ3v) is 3.80. The van der Waals surface area contributed by atoms with Gasteiger partial charge in [0.1, 0.15) is 5.82 Å². The van der Waals surface area contributed by atoms with E-state index in [1.807, 2.05) is 46.8 Å². The molecular weight excluding hydrogens is 333 g/mol. The number of methoxy groups -OCH3 is 1. The van der Waals surface area contributed by atoms with E-state index < -0.39 is 5.82 Å². The lowest BCUT2D eigenvalue weighted by atomic mass is 9.98. The number of halogens is 1. The van der Waals surface area contributed by atoms with Crippen LogP contribution in [0.15, 0.2) is 47.3 Å². The van der Waals surface area contributed by atoms with Gasteiger partial charge in [0.05, 0.1) is 12.9 Å². The lowest BCUT2D eigenvalue weighted by molar-refractivity contribution is -0.114. The molecular formula is C21H30FNO3. The molecule has 0 bridgehead atoms. The molecule has 1 unspecified atom stereocenters. The molecule has 0 saturated carbocycles. The lowest BCUT2D eigenvalue weighted by Gasteiger charge is -2.04. The summed E-state index contributed by atoms with van der Waals surface area (Å²) in [6, 6.07) is 4.13. The molecule has 0 amide bonds. The van der Waals surface area contributed by atoms with Crippen LogP contribution in [-0.2, 0) is 9.53 Å². The van der Waals surface area contributed by atoms with Gasteiger partial charge in [0, 0.05) is 11.5 Å². The molecule has 1 aromatic carbocycles. The highest BCUT2D eigenvalue weighted by Gasteiger charge is 2.35. The summed E-state index contributed by atoms with van der Waals surface area (Å²) in [6.45, 7) is 9.83. The van der Waals surface area contributed by atoms with E-state index in [4.69, 9.17) is 9.94 Å². The number of benzene rings is 1. The molecule has 0 radical (unpaired) electrons. The fourth-order valence-corrected chi connectivity index (χ4v) is 2.44. The molecule has 1 aliphatic carbocycles. The van der Waals surface area contributed by atoms with Crippen LogP contribution in [0, 0.1) is 5.82 Å². The zero-order valence-corrected chi connectivity index (χ0v) is 16.5. The summed E-state index contributed by atoms with van der Waals surface area (Å²) in [5.41, 5.74) is 1.13. The van der Waals surface area contributed by atoms with Crippen LogP contribution in [0.25, 0.3) is 0 Å². The fourth-order valence-electron chi connectivity index (χ4n) is 2.44. The van der Waals surface area contributed by atoms with Gasteiger partial charge in [0.2, 0.25) is 0 Å². The first kappa shape index (κ1) is 23.6. The summed E-state index contributed by atoms with van der Waals surface area (Å²) in [5.74, 6) is 0.0136. The van der Waals surface area contributed by atoms with Crippen molar-refractivity contribution in [3.63, 3.8) is 0 Å². The van der Waals surface area contributed by atoms with Crippen LogP contribution in [0.2, 0.25) is 0 Å². The average molecular weight is 363 g/mol. The molecule has 5 heteroatoms. The first-order valence-corrected chi connectivity index (χ1v) is 8.88. The van der Waals surface area contributed by atoms with E-state index >= 15 is 0 Å². The highest BCUT2D eigenvalue weighted by atomic mass is 19.1. The van der Waals surface area contributed by atoms with Crippen molar-refractivity contribution in [2.24, 2.45) is 5.16 Å². The molecule has 1 N–H and O–H groups in total. The Kier molecular flexibility index (Phi) is 11.7. The second-order valence-electron chi connectivity index (χ2n) is 5.33. The number of ketones is 1. The SMILES string of the molecule is C/C=C\C/C=C(\C)OC.CC.CCC1C(=O)/C(=N\O)c2cc(F)ccc21. The van der Waals surface area contributed by atoms with Gasteiger partial charge in [0.25, 0.3) is 0 Å². The van der Waals surface area contributed by atoms with Gasteiger partial charge in [-0.05, 0) is 50.5 Å². The minimum atomic E-state index is -0.431. The van der Waals surface area contributed by atoms with E-state index in [9.17, 15) is 9.18 Å². The van der Waals surface area contributed by atoms with E-state index in [1.54, 1.807) is 13.2 Å². The van der Waals surface area contributed by atoms with Crippen molar-refractivity contribution in [2.45, 2.75) is 53.4 Å². The first-order chi connectivity index (χ1) is 12.5. The molecule has 1 aromatic rings. The minimum absolute atomic E-state index is 0.0312. The molecule has 1 aliphatic rings. The summed E-state index contributed by atoms with van der Waals surface area (Å²) in [5, 5.41) is 11.7. The summed E-state index contributed by atoms with van der Waals surface area (Å²) >= 11 is 0. The van der Waals surface area contributed by atoms with Crippen molar-refractivity contribution < 1.29 is 19.1 Å². The quantitative estimate of drug-likeness (QED) is 0.327. The number of allylic oxidation sites excluding steroid dienone is 4. The maximum Gasteiger partial charge on any atom is 0.192 e. The minimum Gasteiger partial charge on any atom is -0.502 e. The average Bonchev–Trinajstić information content (AvgIpc) is 2.93. The molecule has 144 valence electrons. The van der Waals surface area contributed by atoms with Gasteiger partial charge in [-0.1, -0.05) is 44.1 Å². The number of Topliss-reactive ketones (excluding diaryl/α,β-unsaturated/α-hetero) is 1. The molecule has 0 aliphatic heterocycles. The van der Waals surface area contributed by atoms with Crippen molar-refractivity contribution in [1.29, 1.82) is 0 Å². The molecule has 0 fully saturated rings. The van der Waals surface area contributed by atoms with Gasteiger partial charge in [-0.2, -0.15) is 0 Å². The molecule has 1 atom stereocenters. The summed E-state index contributed by atoms with van der Waals surface area (Å²) in [6.07, 6.45) is 7.74. The number of ether oxygens (including phenoxy) is 1. The molecule has 26 heavy (non-hydrogen) atoms. The van der Waals surface area contributed by atoms with Crippen LogP contribution in [0.4, 0.5) is 4.39 Å². The first-order valence-electron chi connectivity index (χ1n) is 8.88. The number of hydrogen-bond acceptors (Lipinski definition) is 4. The zero-order valence-electron chi connectivity index (χ0n) is 16.5. The fraction of sp³-hybridized carbons (Fsp3) is 0.429. The van der Waals surface area contributed by atoms with Gasteiger partial charge < -0.3 is 9.94 Å². The van der Waals surface area contributed by atoms with Crippen LogP contribution < -0.4 is 0 Å². The third-order valence-electron chi connectivity index (χ3n) is 3.80. The van der Waals surface area contributed by atoms with Crippen LogP contribution in [0.3, 0.4) is 0 Å². The van der Waals surface area contributed by atoms with E-state index in [2.05, 4.69) is 11.2 Å². The smallest absolute Gasteiger partial charge is 0.192 e. The van der Waals surface area contributed by atoms with Crippen molar-refractivity contribution >= 4 is 11.5 Å². The molecule has 0 aromatic heterocycles. The Morgan fingerprint density at radius 2 is 2.04 bits per heavy atom. The number of nitrogens with zero attached hydrogens (tertiary/aromatic N) is 1. The summed E-state index contributed by atoms with van der Waals surface area (Å²) in [7, 11) is 1.68. The highest BCUT2D eigenvalue weighted by molar-refractivity contribution is 6.51. The Balaban J connectivity index is 0.000000492. The van der Waals surface area contributed by atoms with Gasteiger partial charge in [-0.15, -0.1) is 0 Å². The molecule has 0 spiro atoms. The Bertz CT molecular complexity index is 663. The number of rotatable bonds is 4. The predicted molar refractivity (Wildman–Crippen MR) is 104 cm³/mol. The normalized spacial score (nSPS) is 17.3. The van der Waals surface area contributed by atoms with Crippen molar-refractivity contribution in [3.8, 4) is 0 Å². The second kappa shape index (κ2) is 12.9. The van der Waals surface area contributed by atoms with Crippen molar-refractivity contribution in [2.75, 3.05) is 7.11 Å². The highest BCUT2D eigenvalue weighted by Crippen LogP contribution is 2.33. The molecule has 2 rings (SSSR count). The summed E-state index contributed by atoms with van der Waals surface area (Å²) < 4.78 is 17.9. The second-order valence-corrected chi connectivity index (χ2v) is 5.33. The number of fused-ring (bicyclic) bond motifs is 1. The van der Waals surface area contributed by atoms with Crippen molar-refractivity contribution in [1.82, 2.24) is 0 Å². The molecule has 4 nitrogen and oxygen atoms in total. The van der Waals surface area contributed by atoms with E-state index in [0.717, 1.165) is 17.7 Å². The number of carbonyl (C=O) groups is 1. The Hall–Kier alpha value is -2.43. The standard InChI is InChI=1S/C11H10FNO2.C8H14O.C2H6/c1-2-7-8-4-3-6(12)5-9(8)10(13-15)11(7)14;1-4-5-6-7-8(2)9-3;1-2/h3-5,7,15H,2H2,1H3;4-5,7H,6H2,1-3H3;1-2H3/b13-10-;5-4-,8-7+;. The van der Waals surface area contributed by atoms with E-state index in [0.29, 0.717) is 12.0 Å². The van der Waals surface area contributed by atoms with Gasteiger partial charge in [-0.25, -0.2) is 4.39 Å². The predicted octanol–water partition coefficient (Wildman–Crippen LogP) is 5.61.